The van der Waals surface area contributed by atoms with E-state index in [1.54, 1.807) is 29.0 Å². The quantitative estimate of drug-likeness (QED) is 0.340. The standard InChI is InChI=1S/C31H35F2N5O3/c1-18-10-20(13-27(34)31(18)39)24-4-7-35-15-21(24)14-29-36-16-22-2-3-28(37-38(22)29)30-25(32)11-19(12-26(30)33)17-41-23-5-8-40-9-6-23/h2-4,7,11-12,15-16,18,20,23,27,31,39H,5-6,8-10,13-14,17,34H2,1H3/t18-,20+,27+,31+/m0/s1. The molecule has 0 unspecified atom stereocenters. The van der Waals surface area contributed by atoms with Gasteiger partial charge in [-0.3, -0.25) is 4.98 Å². The van der Waals surface area contributed by atoms with E-state index in [-0.39, 0.29) is 41.8 Å². The molecule has 10 heteroatoms. The van der Waals surface area contributed by atoms with Crippen LogP contribution < -0.4 is 5.73 Å². The van der Waals surface area contributed by atoms with Gasteiger partial charge in [-0.15, -0.1) is 0 Å². The Bertz CT molecular complexity index is 1490. The molecule has 1 aromatic carbocycles. The first kappa shape index (κ1) is 27.8. The molecule has 2 aliphatic rings. The van der Waals surface area contributed by atoms with Crippen molar-refractivity contribution in [1.82, 2.24) is 19.6 Å². The van der Waals surface area contributed by atoms with Crippen molar-refractivity contribution >= 4 is 5.52 Å². The van der Waals surface area contributed by atoms with Crippen LogP contribution >= 0.6 is 0 Å². The highest BCUT2D eigenvalue weighted by atomic mass is 19.1. The molecule has 6 rings (SSSR count). The molecule has 4 aromatic rings. The minimum Gasteiger partial charge on any atom is -0.391 e. The average Bonchev–Trinajstić information content (AvgIpc) is 3.37. The van der Waals surface area contributed by atoms with Crippen molar-refractivity contribution in [3.05, 3.63) is 83.1 Å². The smallest absolute Gasteiger partial charge is 0.135 e. The Morgan fingerprint density at radius 1 is 1.10 bits per heavy atom. The first-order valence-corrected chi connectivity index (χ1v) is 14.2. The number of nitrogens with zero attached hydrogens (tertiary/aromatic N) is 4. The number of rotatable bonds is 7. The molecule has 0 bridgehead atoms. The van der Waals surface area contributed by atoms with E-state index < -0.39 is 17.7 Å². The second-order valence-corrected chi connectivity index (χ2v) is 11.3. The summed E-state index contributed by atoms with van der Waals surface area (Å²) in [4.78, 5) is 8.92. The average molecular weight is 564 g/mol. The van der Waals surface area contributed by atoms with Crippen LogP contribution in [-0.4, -0.2) is 56.2 Å². The van der Waals surface area contributed by atoms with Gasteiger partial charge in [-0.25, -0.2) is 18.3 Å². The Morgan fingerprint density at radius 2 is 1.88 bits per heavy atom. The van der Waals surface area contributed by atoms with Gasteiger partial charge in [0.05, 0.1) is 41.8 Å². The van der Waals surface area contributed by atoms with Crippen LogP contribution in [0.4, 0.5) is 8.78 Å². The minimum atomic E-state index is -0.691. The Labute approximate surface area is 237 Å². The van der Waals surface area contributed by atoms with Gasteiger partial charge in [0.15, 0.2) is 0 Å². The maximum absolute atomic E-state index is 15.3. The lowest BCUT2D eigenvalue weighted by molar-refractivity contribution is -0.0391. The highest BCUT2D eigenvalue weighted by Gasteiger charge is 2.34. The summed E-state index contributed by atoms with van der Waals surface area (Å²) in [6.45, 7) is 3.43. The van der Waals surface area contributed by atoms with E-state index in [1.165, 1.54) is 12.1 Å². The van der Waals surface area contributed by atoms with Gasteiger partial charge in [-0.1, -0.05) is 6.92 Å². The van der Waals surface area contributed by atoms with Crippen LogP contribution in [0.15, 0.2) is 48.9 Å². The summed E-state index contributed by atoms with van der Waals surface area (Å²) < 4.78 is 43.4. The fourth-order valence-corrected chi connectivity index (χ4v) is 6.18. The van der Waals surface area contributed by atoms with Crippen LogP contribution in [0.1, 0.15) is 61.0 Å². The molecule has 0 amide bonds. The van der Waals surface area contributed by atoms with E-state index in [1.807, 2.05) is 19.2 Å². The summed E-state index contributed by atoms with van der Waals surface area (Å²) >= 11 is 0. The number of benzene rings is 1. The molecule has 1 aliphatic heterocycles. The molecule has 0 radical (unpaired) electrons. The molecular weight excluding hydrogens is 528 g/mol. The van der Waals surface area contributed by atoms with Gasteiger partial charge in [-0.2, -0.15) is 5.10 Å². The van der Waals surface area contributed by atoms with E-state index in [2.05, 4.69) is 15.1 Å². The van der Waals surface area contributed by atoms with Gasteiger partial charge in [0.25, 0.3) is 0 Å². The molecule has 4 heterocycles. The zero-order valence-electron chi connectivity index (χ0n) is 23.0. The SMILES string of the molecule is C[C@H]1C[C@@H](c2ccncc2Cc2ncc3ccc(-c4c(F)cc(COC5CCOCC5)cc4F)nn23)C[C@@H](N)[C@@H]1O. The van der Waals surface area contributed by atoms with Crippen LogP contribution in [0.25, 0.3) is 16.8 Å². The summed E-state index contributed by atoms with van der Waals surface area (Å²) in [7, 11) is 0. The summed E-state index contributed by atoms with van der Waals surface area (Å²) in [5.41, 5.74) is 9.50. The fourth-order valence-electron chi connectivity index (χ4n) is 6.18. The number of fused-ring (bicyclic) bond motifs is 1. The maximum Gasteiger partial charge on any atom is 0.135 e. The lowest BCUT2D eigenvalue weighted by Crippen LogP contribution is -2.44. The second-order valence-electron chi connectivity index (χ2n) is 11.3. The minimum absolute atomic E-state index is 0.0310. The van der Waals surface area contributed by atoms with Gasteiger partial charge in [0.1, 0.15) is 17.5 Å². The van der Waals surface area contributed by atoms with Gasteiger partial charge in [0.2, 0.25) is 0 Å². The number of pyridine rings is 1. The molecule has 4 atom stereocenters. The first-order valence-electron chi connectivity index (χ1n) is 14.2. The first-order chi connectivity index (χ1) is 19.9. The van der Waals surface area contributed by atoms with Crippen molar-refractivity contribution in [2.24, 2.45) is 11.7 Å². The Morgan fingerprint density at radius 3 is 2.63 bits per heavy atom. The number of hydrogen-bond donors (Lipinski definition) is 2. The number of halogens is 2. The second kappa shape index (κ2) is 11.9. The van der Waals surface area contributed by atoms with Crippen molar-refractivity contribution in [3.8, 4) is 11.3 Å². The number of aliphatic hydroxyl groups is 1. The van der Waals surface area contributed by atoms with Gasteiger partial charge >= 0.3 is 0 Å². The molecule has 1 aliphatic carbocycles. The fraction of sp³-hybridized carbons (Fsp3) is 0.452. The zero-order valence-corrected chi connectivity index (χ0v) is 23.0. The molecule has 3 aromatic heterocycles. The zero-order chi connectivity index (χ0) is 28.5. The van der Waals surface area contributed by atoms with Crippen LogP contribution in [-0.2, 0) is 22.5 Å². The third-order valence-corrected chi connectivity index (χ3v) is 8.43. The molecule has 0 spiro atoms. The topological polar surface area (TPSA) is 108 Å². The van der Waals surface area contributed by atoms with E-state index in [4.69, 9.17) is 15.2 Å². The van der Waals surface area contributed by atoms with E-state index in [0.29, 0.717) is 43.0 Å². The van der Waals surface area contributed by atoms with Crippen LogP contribution in [0, 0.1) is 17.6 Å². The van der Waals surface area contributed by atoms with E-state index in [0.717, 1.165) is 30.4 Å². The lowest BCUT2D eigenvalue weighted by atomic mass is 9.74. The number of aliphatic hydroxyl groups excluding tert-OH is 1. The Kier molecular flexibility index (Phi) is 8.07. The van der Waals surface area contributed by atoms with Crippen molar-refractivity contribution in [3.63, 3.8) is 0 Å². The number of imidazole rings is 1. The van der Waals surface area contributed by atoms with Gasteiger partial charge < -0.3 is 20.3 Å². The third-order valence-electron chi connectivity index (χ3n) is 8.43. The molecule has 1 saturated carbocycles. The van der Waals surface area contributed by atoms with Crippen molar-refractivity contribution in [2.45, 2.75) is 69.8 Å². The van der Waals surface area contributed by atoms with Crippen LogP contribution in [0.3, 0.4) is 0 Å². The van der Waals surface area contributed by atoms with Crippen LogP contribution in [0.2, 0.25) is 0 Å². The molecule has 8 nitrogen and oxygen atoms in total. The molecular formula is C31H35F2N5O3. The molecule has 216 valence electrons. The molecule has 1 saturated heterocycles. The highest BCUT2D eigenvalue weighted by Crippen LogP contribution is 2.37. The van der Waals surface area contributed by atoms with Crippen molar-refractivity contribution in [1.29, 1.82) is 0 Å². The normalized spacial score (nSPS) is 23.7. The predicted octanol–water partition coefficient (Wildman–Crippen LogP) is 4.56. The monoisotopic (exact) mass is 563 g/mol. The summed E-state index contributed by atoms with van der Waals surface area (Å²) in [5, 5.41) is 14.9. The Balaban J connectivity index is 1.25. The maximum atomic E-state index is 15.3. The molecule has 41 heavy (non-hydrogen) atoms. The molecule has 3 N–H and O–H groups in total. The van der Waals surface area contributed by atoms with E-state index >= 15 is 8.78 Å². The van der Waals surface area contributed by atoms with Gasteiger partial charge in [0, 0.05) is 38.1 Å². The number of ether oxygens (including phenoxy) is 2. The largest absolute Gasteiger partial charge is 0.391 e. The Hall–Kier alpha value is -3.31. The number of aromatic nitrogens is 4. The molecule has 2 fully saturated rings. The lowest BCUT2D eigenvalue weighted by Gasteiger charge is -2.36. The summed E-state index contributed by atoms with van der Waals surface area (Å²) in [6.07, 6.45) is 8.30. The number of nitrogens with two attached hydrogens (primary N) is 1. The highest BCUT2D eigenvalue weighted by molar-refractivity contribution is 5.63. The van der Waals surface area contributed by atoms with Gasteiger partial charge in [-0.05, 0) is 84.5 Å². The van der Waals surface area contributed by atoms with Crippen molar-refractivity contribution < 1.29 is 23.4 Å². The summed E-state index contributed by atoms with van der Waals surface area (Å²) in [6, 6.07) is 7.70. The number of hydrogen-bond acceptors (Lipinski definition) is 7. The van der Waals surface area contributed by atoms with Crippen molar-refractivity contribution in [2.75, 3.05) is 13.2 Å². The third kappa shape index (κ3) is 5.88. The van der Waals surface area contributed by atoms with Crippen LogP contribution in [0.5, 0.6) is 0 Å². The predicted molar refractivity (Wildman–Crippen MR) is 149 cm³/mol. The summed E-state index contributed by atoms with van der Waals surface area (Å²) in [5.74, 6) is -0.474. The van der Waals surface area contributed by atoms with E-state index in [9.17, 15) is 5.11 Å².